The largest absolute Gasteiger partial charge is 0.550 e. The lowest BCUT2D eigenvalue weighted by Crippen LogP contribution is -2.42. The number of hydrogen-bond acceptors (Lipinski definition) is 6. The Hall–Kier alpha value is -2.74. The van der Waals surface area contributed by atoms with Crippen LogP contribution in [0.4, 0.5) is 10.8 Å². The Morgan fingerprint density at radius 1 is 1.04 bits per heavy atom. The molecule has 0 saturated heterocycles. The van der Waals surface area contributed by atoms with Crippen molar-refractivity contribution in [2.45, 2.75) is 25.7 Å². The highest BCUT2D eigenvalue weighted by Gasteiger charge is 2.31. The summed E-state index contributed by atoms with van der Waals surface area (Å²) in [7, 11) is 0. The molecule has 26 heavy (non-hydrogen) atoms. The highest BCUT2D eigenvalue weighted by molar-refractivity contribution is 7.13. The van der Waals surface area contributed by atoms with E-state index in [-0.39, 0.29) is 11.8 Å². The Morgan fingerprint density at radius 2 is 1.73 bits per heavy atom. The summed E-state index contributed by atoms with van der Waals surface area (Å²) in [6.07, 6.45) is 4.24. The summed E-state index contributed by atoms with van der Waals surface area (Å²) in [5, 5.41) is 18.9. The second-order valence-electron chi connectivity index (χ2n) is 6.17. The summed E-state index contributed by atoms with van der Waals surface area (Å²) in [6.45, 7) is 0. The minimum absolute atomic E-state index is 0.290. The van der Waals surface area contributed by atoms with Gasteiger partial charge in [0.05, 0.1) is 0 Å². The lowest BCUT2D eigenvalue weighted by molar-refractivity contribution is -0.313. The number of nitrogens with one attached hydrogen (secondary N) is 2. The maximum Gasteiger partial charge on any atom is 0.257 e. The molecule has 3 rings (SSSR count). The van der Waals surface area contributed by atoms with Crippen LogP contribution in [0.25, 0.3) is 0 Å². The van der Waals surface area contributed by atoms with E-state index in [0.717, 1.165) is 12.8 Å². The van der Waals surface area contributed by atoms with Gasteiger partial charge >= 0.3 is 0 Å². The maximum atomic E-state index is 12.4. The van der Waals surface area contributed by atoms with Crippen LogP contribution in [0.5, 0.6) is 0 Å². The maximum absolute atomic E-state index is 12.4. The van der Waals surface area contributed by atoms with Crippen molar-refractivity contribution in [2.75, 3.05) is 10.6 Å². The van der Waals surface area contributed by atoms with Crippen LogP contribution >= 0.6 is 11.3 Å². The van der Waals surface area contributed by atoms with Gasteiger partial charge in [0.25, 0.3) is 5.91 Å². The Morgan fingerprint density at radius 3 is 2.35 bits per heavy atom. The van der Waals surface area contributed by atoms with Gasteiger partial charge in [-0.2, -0.15) is 0 Å². The highest BCUT2D eigenvalue weighted by atomic mass is 32.1. The number of anilines is 2. The summed E-state index contributed by atoms with van der Waals surface area (Å²) in [6, 6.07) is 6.42. The Balaban J connectivity index is 1.62. The van der Waals surface area contributed by atoms with E-state index < -0.39 is 17.8 Å². The van der Waals surface area contributed by atoms with Gasteiger partial charge in [0.15, 0.2) is 5.13 Å². The fourth-order valence-electron chi connectivity index (χ4n) is 3.12. The summed E-state index contributed by atoms with van der Waals surface area (Å²) >= 11 is 1.32. The topological polar surface area (TPSA) is 111 Å². The van der Waals surface area contributed by atoms with E-state index in [4.69, 9.17) is 0 Å². The molecule has 1 aliphatic carbocycles. The van der Waals surface area contributed by atoms with Crippen LogP contribution < -0.4 is 15.7 Å². The molecule has 2 N–H and O–H groups in total. The normalized spacial score (nSPS) is 19.5. The number of hydrogen-bond donors (Lipinski definition) is 2. The zero-order chi connectivity index (χ0) is 18.5. The molecule has 1 heterocycles. The molecule has 1 aromatic heterocycles. The number of carbonyl (C=O) groups is 3. The van der Waals surface area contributed by atoms with Crippen LogP contribution in [-0.2, 0) is 9.59 Å². The minimum atomic E-state index is -1.17. The number of aliphatic carboxylic acids is 1. The summed E-state index contributed by atoms with van der Waals surface area (Å²) in [5.41, 5.74) is 0.951. The molecule has 1 aromatic carbocycles. The Kier molecular flexibility index (Phi) is 5.62. The molecule has 1 aliphatic rings. The van der Waals surface area contributed by atoms with Crippen LogP contribution in [0, 0.1) is 11.8 Å². The third-order valence-electron chi connectivity index (χ3n) is 4.47. The number of carboxylic acid groups (broad SMARTS) is 1. The van der Waals surface area contributed by atoms with E-state index >= 15 is 0 Å². The summed E-state index contributed by atoms with van der Waals surface area (Å²) in [4.78, 5) is 39.8. The number of amides is 2. The third kappa shape index (κ3) is 4.26. The zero-order valence-corrected chi connectivity index (χ0v) is 14.8. The first-order chi connectivity index (χ1) is 12.5. The molecular weight excluding hydrogens is 354 g/mol. The number of rotatable bonds is 5. The van der Waals surface area contributed by atoms with E-state index in [0.29, 0.717) is 29.2 Å². The number of aromatic nitrogens is 1. The number of thiazole rings is 1. The van der Waals surface area contributed by atoms with Gasteiger partial charge in [0, 0.05) is 40.6 Å². The fraction of sp³-hybridized carbons (Fsp3) is 0.333. The van der Waals surface area contributed by atoms with Crippen molar-refractivity contribution in [3.8, 4) is 0 Å². The first kappa shape index (κ1) is 18.1. The van der Waals surface area contributed by atoms with Gasteiger partial charge in [0.1, 0.15) is 0 Å². The first-order valence-electron chi connectivity index (χ1n) is 8.37. The molecule has 8 heteroatoms. The van der Waals surface area contributed by atoms with Crippen molar-refractivity contribution in [1.29, 1.82) is 0 Å². The average Bonchev–Trinajstić information content (AvgIpc) is 3.15. The monoisotopic (exact) mass is 372 g/mol. The van der Waals surface area contributed by atoms with Gasteiger partial charge in [-0.25, -0.2) is 4.98 Å². The van der Waals surface area contributed by atoms with Crippen molar-refractivity contribution in [3.63, 3.8) is 0 Å². The fourth-order valence-corrected chi connectivity index (χ4v) is 3.65. The van der Waals surface area contributed by atoms with Gasteiger partial charge in [-0.05, 0) is 37.1 Å². The van der Waals surface area contributed by atoms with Crippen molar-refractivity contribution >= 4 is 39.9 Å². The number of carbonyl (C=O) groups excluding carboxylic acids is 3. The van der Waals surface area contributed by atoms with E-state index in [1.807, 2.05) is 0 Å². The van der Waals surface area contributed by atoms with Gasteiger partial charge in [0.2, 0.25) is 5.91 Å². The molecule has 0 radical (unpaired) electrons. The SMILES string of the molecule is O=C(Nc1nccs1)c1ccc(NC(=O)[C@H]2CCCC[C@@H]2C(=O)[O-])cc1. The van der Waals surface area contributed by atoms with Crippen molar-refractivity contribution < 1.29 is 19.5 Å². The molecule has 7 nitrogen and oxygen atoms in total. The predicted octanol–water partition coefficient (Wildman–Crippen LogP) is 1.89. The van der Waals surface area contributed by atoms with E-state index in [1.165, 1.54) is 11.3 Å². The highest BCUT2D eigenvalue weighted by Crippen LogP contribution is 2.30. The van der Waals surface area contributed by atoms with Gasteiger partial charge in [-0.1, -0.05) is 12.8 Å². The van der Waals surface area contributed by atoms with Gasteiger partial charge < -0.3 is 15.2 Å². The standard InChI is InChI=1S/C18H19N3O4S/c22-15(21-18-19-9-10-26-18)11-5-7-12(8-6-11)20-16(23)13-3-1-2-4-14(13)17(24)25/h5-10,13-14H,1-4H2,(H,20,23)(H,24,25)(H,19,21,22)/p-1/t13-,14-/m0/s1. The Bertz CT molecular complexity index is 789. The molecule has 2 aromatic rings. The van der Waals surface area contributed by atoms with Crippen LogP contribution in [0.3, 0.4) is 0 Å². The van der Waals surface area contributed by atoms with Gasteiger partial charge in [-0.15, -0.1) is 11.3 Å². The lowest BCUT2D eigenvalue weighted by Gasteiger charge is -2.31. The second kappa shape index (κ2) is 8.09. The smallest absolute Gasteiger partial charge is 0.257 e. The molecule has 2 atom stereocenters. The number of nitrogens with zero attached hydrogens (tertiary/aromatic N) is 1. The Labute approximate surface area is 154 Å². The van der Waals surface area contributed by atoms with Gasteiger partial charge in [-0.3, -0.25) is 14.9 Å². The van der Waals surface area contributed by atoms with E-state index in [2.05, 4.69) is 15.6 Å². The van der Waals surface area contributed by atoms with Crippen molar-refractivity contribution in [2.24, 2.45) is 11.8 Å². The molecule has 0 spiro atoms. The average molecular weight is 372 g/mol. The molecule has 136 valence electrons. The summed E-state index contributed by atoms with van der Waals surface area (Å²) in [5.74, 6) is -3.10. The van der Waals surface area contributed by atoms with Crippen LogP contribution in [0.1, 0.15) is 36.0 Å². The van der Waals surface area contributed by atoms with Crippen molar-refractivity contribution in [3.05, 3.63) is 41.4 Å². The molecule has 0 unspecified atom stereocenters. The molecule has 0 aliphatic heterocycles. The molecular formula is C18H18N3O4S-. The molecule has 1 fully saturated rings. The lowest BCUT2D eigenvalue weighted by atomic mass is 9.78. The third-order valence-corrected chi connectivity index (χ3v) is 5.16. The summed E-state index contributed by atoms with van der Waals surface area (Å²) < 4.78 is 0. The number of carboxylic acids is 1. The van der Waals surface area contributed by atoms with E-state index in [1.54, 1.807) is 35.8 Å². The second-order valence-corrected chi connectivity index (χ2v) is 7.07. The first-order valence-corrected chi connectivity index (χ1v) is 9.25. The van der Waals surface area contributed by atoms with E-state index in [9.17, 15) is 19.5 Å². The van der Waals surface area contributed by atoms with Crippen molar-refractivity contribution in [1.82, 2.24) is 4.98 Å². The predicted molar refractivity (Wildman–Crippen MR) is 95.6 cm³/mol. The van der Waals surface area contributed by atoms with Crippen LogP contribution in [-0.4, -0.2) is 22.8 Å². The quantitative estimate of drug-likeness (QED) is 0.832. The van der Waals surface area contributed by atoms with Crippen LogP contribution in [0.2, 0.25) is 0 Å². The zero-order valence-electron chi connectivity index (χ0n) is 13.9. The molecule has 2 amide bonds. The minimum Gasteiger partial charge on any atom is -0.550 e. The number of benzene rings is 1. The molecule has 0 bridgehead atoms. The molecule has 1 saturated carbocycles. The van der Waals surface area contributed by atoms with Crippen LogP contribution in [0.15, 0.2) is 35.8 Å².